The summed E-state index contributed by atoms with van der Waals surface area (Å²) in [6.45, 7) is 1.46. The molecule has 0 saturated carbocycles. The number of phenolic OH excluding ortho intramolecular Hbond substituents is 1. The molecule has 3 rings (SSSR count). The number of nitrogens with one attached hydrogen (secondary N) is 1. The van der Waals surface area contributed by atoms with Gasteiger partial charge in [-0.15, -0.1) is 0 Å². The van der Waals surface area contributed by atoms with E-state index < -0.39 is 0 Å². The first kappa shape index (κ1) is 15.1. The molecule has 1 atom stereocenters. The molecular weight excluding hydrogens is 274 g/mol. The van der Waals surface area contributed by atoms with Crippen LogP contribution in [0.2, 0.25) is 0 Å². The summed E-state index contributed by atoms with van der Waals surface area (Å²) < 4.78 is 5.27. The van der Waals surface area contributed by atoms with Crippen LogP contribution in [0.25, 0.3) is 0 Å². The number of fused-ring (bicyclic) bond motifs is 1. The molecule has 2 aromatic carbocycles. The van der Waals surface area contributed by atoms with Crippen molar-refractivity contribution in [1.29, 1.82) is 0 Å². The first-order valence-corrected chi connectivity index (χ1v) is 7.89. The van der Waals surface area contributed by atoms with Gasteiger partial charge in [-0.2, -0.15) is 0 Å². The summed E-state index contributed by atoms with van der Waals surface area (Å²) in [5, 5.41) is 13.4. The van der Waals surface area contributed by atoms with E-state index in [1.807, 2.05) is 12.1 Å². The Morgan fingerprint density at radius 2 is 2.00 bits per heavy atom. The number of methoxy groups -OCH3 is 1. The first-order chi connectivity index (χ1) is 10.8. The molecule has 1 unspecified atom stereocenters. The van der Waals surface area contributed by atoms with Crippen molar-refractivity contribution in [2.75, 3.05) is 7.11 Å². The average Bonchev–Trinajstić information content (AvgIpc) is 2.54. The van der Waals surface area contributed by atoms with E-state index in [1.165, 1.54) is 28.7 Å². The van der Waals surface area contributed by atoms with E-state index in [9.17, 15) is 5.11 Å². The summed E-state index contributed by atoms with van der Waals surface area (Å²) in [5.41, 5.74) is 5.10. The molecule has 0 heterocycles. The van der Waals surface area contributed by atoms with Crippen molar-refractivity contribution in [3.8, 4) is 5.75 Å². The highest BCUT2D eigenvalue weighted by atomic mass is 16.5. The van der Waals surface area contributed by atoms with Gasteiger partial charge in [-0.1, -0.05) is 30.3 Å². The summed E-state index contributed by atoms with van der Waals surface area (Å²) in [7, 11) is 1.73. The van der Waals surface area contributed by atoms with Gasteiger partial charge in [0.2, 0.25) is 0 Å². The number of aryl methyl sites for hydroxylation is 1. The van der Waals surface area contributed by atoms with E-state index in [0.29, 0.717) is 18.4 Å². The van der Waals surface area contributed by atoms with Crippen molar-refractivity contribution in [2.45, 2.75) is 38.5 Å². The van der Waals surface area contributed by atoms with Gasteiger partial charge in [0.1, 0.15) is 5.75 Å². The molecular formula is C19H23NO2. The van der Waals surface area contributed by atoms with Crippen LogP contribution in [0.3, 0.4) is 0 Å². The van der Waals surface area contributed by atoms with Crippen molar-refractivity contribution in [3.63, 3.8) is 0 Å². The maximum absolute atomic E-state index is 9.76. The zero-order valence-corrected chi connectivity index (χ0v) is 13.0. The quantitative estimate of drug-likeness (QED) is 0.884. The first-order valence-electron chi connectivity index (χ1n) is 7.89. The van der Waals surface area contributed by atoms with Crippen LogP contribution in [-0.2, 0) is 24.3 Å². The fraction of sp³-hybridized carbons (Fsp3) is 0.368. The Bertz CT molecular complexity index is 639. The number of aromatic hydroxyl groups is 1. The molecule has 3 heteroatoms. The lowest BCUT2D eigenvalue weighted by molar-refractivity contribution is 0.184. The van der Waals surface area contributed by atoms with Gasteiger partial charge in [0.15, 0.2) is 0 Å². The molecule has 22 heavy (non-hydrogen) atoms. The van der Waals surface area contributed by atoms with E-state index in [4.69, 9.17) is 4.74 Å². The maximum atomic E-state index is 9.76. The van der Waals surface area contributed by atoms with Crippen molar-refractivity contribution in [2.24, 2.45) is 0 Å². The number of benzene rings is 2. The fourth-order valence-electron chi connectivity index (χ4n) is 3.26. The molecule has 0 bridgehead atoms. The Labute approximate surface area is 131 Å². The van der Waals surface area contributed by atoms with Gasteiger partial charge in [-0.3, -0.25) is 0 Å². The summed E-state index contributed by atoms with van der Waals surface area (Å²) in [6.07, 6.45) is 3.41. The number of phenols is 1. The normalized spacial score (nSPS) is 17.2. The van der Waals surface area contributed by atoms with Crippen LogP contribution in [0, 0.1) is 0 Å². The lowest BCUT2D eigenvalue weighted by Crippen LogP contribution is -2.25. The van der Waals surface area contributed by atoms with Crippen molar-refractivity contribution in [1.82, 2.24) is 5.32 Å². The van der Waals surface area contributed by atoms with Gasteiger partial charge in [-0.05, 0) is 53.6 Å². The van der Waals surface area contributed by atoms with Crippen LogP contribution in [0.4, 0.5) is 0 Å². The molecule has 2 N–H and O–H groups in total. The molecule has 1 aliphatic carbocycles. The van der Waals surface area contributed by atoms with E-state index in [1.54, 1.807) is 13.2 Å². The van der Waals surface area contributed by atoms with Gasteiger partial charge in [0, 0.05) is 19.7 Å². The standard InChI is InChI=1S/C19H23NO2/c1-22-13-16-6-3-2-5-15(16)12-20-19-8-4-7-14-9-10-17(21)11-18(14)19/h2-3,5-6,9-11,19-21H,4,7-8,12-13H2,1H3. The second-order valence-corrected chi connectivity index (χ2v) is 5.91. The van der Waals surface area contributed by atoms with Gasteiger partial charge in [0.25, 0.3) is 0 Å². The Morgan fingerprint density at radius 1 is 1.18 bits per heavy atom. The predicted octanol–water partition coefficient (Wildman–Crippen LogP) is 3.71. The monoisotopic (exact) mass is 297 g/mol. The Balaban J connectivity index is 1.74. The average molecular weight is 297 g/mol. The molecule has 116 valence electrons. The fourth-order valence-corrected chi connectivity index (χ4v) is 3.26. The third kappa shape index (κ3) is 3.32. The molecule has 0 aliphatic heterocycles. The zero-order chi connectivity index (χ0) is 15.4. The summed E-state index contributed by atoms with van der Waals surface area (Å²) >= 11 is 0. The van der Waals surface area contributed by atoms with Crippen LogP contribution >= 0.6 is 0 Å². The lowest BCUT2D eigenvalue weighted by atomic mass is 9.87. The number of hydrogen-bond acceptors (Lipinski definition) is 3. The number of ether oxygens (including phenoxy) is 1. The largest absolute Gasteiger partial charge is 0.508 e. The van der Waals surface area contributed by atoms with E-state index in [2.05, 4.69) is 29.6 Å². The minimum Gasteiger partial charge on any atom is -0.508 e. The predicted molar refractivity (Wildman–Crippen MR) is 87.8 cm³/mol. The molecule has 1 aliphatic rings. The Hall–Kier alpha value is -1.84. The molecule has 0 spiro atoms. The lowest BCUT2D eigenvalue weighted by Gasteiger charge is -2.27. The van der Waals surface area contributed by atoms with Gasteiger partial charge in [-0.25, -0.2) is 0 Å². The molecule has 0 amide bonds. The van der Waals surface area contributed by atoms with Crippen molar-refractivity contribution < 1.29 is 9.84 Å². The van der Waals surface area contributed by atoms with Crippen LogP contribution < -0.4 is 5.32 Å². The van der Waals surface area contributed by atoms with E-state index in [-0.39, 0.29) is 0 Å². The summed E-state index contributed by atoms with van der Waals surface area (Å²) in [6, 6.07) is 14.4. The second kappa shape index (κ2) is 6.95. The van der Waals surface area contributed by atoms with Crippen LogP contribution in [0.1, 0.15) is 41.1 Å². The van der Waals surface area contributed by atoms with Crippen molar-refractivity contribution in [3.05, 3.63) is 64.7 Å². The Morgan fingerprint density at radius 3 is 2.82 bits per heavy atom. The van der Waals surface area contributed by atoms with Crippen LogP contribution in [0.5, 0.6) is 5.75 Å². The maximum Gasteiger partial charge on any atom is 0.115 e. The molecule has 3 nitrogen and oxygen atoms in total. The topological polar surface area (TPSA) is 41.5 Å². The Kier molecular flexibility index (Phi) is 4.76. The minimum atomic E-state index is 0.312. The third-order valence-electron chi connectivity index (χ3n) is 4.40. The summed E-state index contributed by atoms with van der Waals surface area (Å²) in [4.78, 5) is 0. The molecule has 0 saturated heterocycles. The molecule has 2 aromatic rings. The number of hydrogen-bond donors (Lipinski definition) is 2. The highest BCUT2D eigenvalue weighted by Crippen LogP contribution is 2.32. The zero-order valence-electron chi connectivity index (χ0n) is 13.0. The van der Waals surface area contributed by atoms with E-state index in [0.717, 1.165) is 19.4 Å². The SMILES string of the molecule is COCc1ccccc1CNC1CCCc2ccc(O)cc21. The summed E-state index contributed by atoms with van der Waals surface area (Å²) in [5.74, 6) is 0.354. The highest BCUT2D eigenvalue weighted by molar-refractivity contribution is 5.38. The van der Waals surface area contributed by atoms with Gasteiger partial charge in [0.05, 0.1) is 6.61 Å². The number of rotatable bonds is 5. The van der Waals surface area contributed by atoms with Gasteiger partial charge >= 0.3 is 0 Å². The van der Waals surface area contributed by atoms with Crippen LogP contribution in [0.15, 0.2) is 42.5 Å². The van der Waals surface area contributed by atoms with E-state index >= 15 is 0 Å². The smallest absolute Gasteiger partial charge is 0.115 e. The second-order valence-electron chi connectivity index (χ2n) is 5.91. The van der Waals surface area contributed by atoms with Gasteiger partial charge < -0.3 is 15.2 Å². The highest BCUT2D eigenvalue weighted by Gasteiger charge is 2.20. The third-order valence-corrected chi connectivity index (χ3v) is 4.40. The minimum absolute atomic E-state index is 0.312. The molecule has 0 radical (unpaired) electrons. The molecule has 0 fully saturated rings. The van der Waals surface area contributed by atoms with Crippen molar-refractivity contribution >= 4 is 0 Å². The van der Waals surface area contributed by atoms with Crippen LogP contribution in [-0.4, -0.2) is 12.2 Å². The molecule has 0 aromatic heterocycles.